The monoisotopic (exact) mass is 435 g/mol. The fourth-order valence-corrected chi connectivity index (χ4v) is 3.53. The molecule has 0 spiro atoms. The molecule has 10 heteroatoms. The summed E-state index contributed by atoms with van der Waals surface area (Å²) in [6, 6.07) is 10.8. The van der Waals surface area contributed by atoms with Crippen LogP contribution in [-0.2, 0) is 9.53 Å². The van der Waals surface area contributed by atoms with Crippen LogP contribution < -0.4 is 10.1 Å². The predicted octanol–water partition coefficient (Wildman–Crippen LogP) is 2.41. The molecule has 0 saturated carbocycles. The number of hydrogen-bond donors (Lipinski definition) is 2. The molecule has 0 aliphatic carbocycles. The second-order valence-corrected chi connectivity index (χ2v) is 7.11. The third-order valence-electron chi connectivity index (χ3n) is 5.06. The highest BCUT2D eigenvalue weighted by molar-refractivity contribution is 6.14. The largest absolute Gasteiger partial charge is 0.504 e. The number of ether oxygens (including phenoxy) is 2. The minimum absolute atomic E-state index is 0.0509. The number of hydrogen-bond acceptors (Lipinski definition) is 9. The van der Waals surface area contributed by atoms with Crippen LogP contribution in [0.2, 0.25) is 0 Å². The number of allylic oxidation sites excluding steroid dienone is 1. The number of methoxy groups -OCH3 is 1. The minimum Gasteiger partial charge on any atom is -0.504 e. The number of ketones is 1. The van der Waals surface area contributed by atoms with Crippen LogP contribution in [0.15, 0.2) is 53.7 Å². The van der Waals surface area contributed by atoms with Gasteiger partial charge in [0.25, 0.3) is 0 Å². The molecule has 2 heterocycles. The number of phenolic OH excluding ortho intramolecular Hbond substituents is 1. The van der Waals surface area contributed by atoms with Crippen molar-refractivity contribution < 1.29 is 24.2 Å². The maximum atomic E-state index is 13.7. The van der Waals surface area contributed by atoms with E-state index in [0.717, 1.165) is 5.56 Å². The lowest BCUT2D eigenvalue weighted by Crippen LogP contribution is -2.33. The van der Waals surface area contributed by atoms with Crippen LogP contribution in [0.5, 0.6) is 11.5 Å². The van der Waals surface area contributed by atoms with Gasteiger partial charge in [0.1, 0.15) is 11.7 Å². The molecule has 2 aromatic carbocycles. The summed E-state index contributed by atoms with van der Waals surface area (Å²) in [5, 5.41) is 24.6. The number of aryl methyl sites for hydroxylation is 1. The normalized spacial score (nSPS) is 15.0. The van der Waals surface area contributed by atoms with Gasteiger partial charge in [0.15, 0.2) is 17.3 Å². The Labute approximate surface area is 183 Å². The van der Waals surface area contributed by atoms with Crippen molar-refractivity contribution in [3.63, 3.8) is 0 Å². The third-order valence-corrected chi connectivity index (χ3v) is 5.06. The number of tetrazole rings is 1. The second-order valence-electron chi connectivity index (χ2n) is 7.11. The Hall–Kier alpha value is -4.21. The van der Waals surface area contributed by atoms with Gasteiger partial charge < -0.3 is 19.9 Å². The van der Waals surface area contributed by atoms with Gasteiger partial charge in [-0.15, -0.1) is 0 Å². The molecule has 0 unspecified atom stereocenters. The molecule has 0 saturated heterocycles. The molecule has 1 aromatic heterocycles. The average molecular weight is 435 g/mol. The number of phenols is 1. The number of aromatic nitrogens is 4. The lowest BCUT2D eigenvalue weighted by atomic mass is 9.89. The molecule has 2 N–H and O–H groups in total. The Bertz CT molecular complexity index is 1220. The lowest BCUT2D eigenvalue weighted by molar-refractivity contribution is -0.136. The average Bonchev–Trinajstić information content (AvgIpc) is 3.27. The van der Waals surface area contributed by atoms with Crippen LogP contribution >= 0.6 is 0 Å². The van der Waals surface area contributed by atoms with Crippen molar-refractivity contribution in [2.75, 3.05) is 19.0 Å². The van der Waals surface area contributed by atoms with E-state index in [0.29, 0.717) is 17.7 Å². The van der Waals surface area contributed by atoms with Crippen molar-refractivity contribution in [2.45, 2.75) is 19.9 Å². The van der Waals surface area contributed by atoms with E-state index in [4.69, 9.17) is 9.47 Å². The van der Waals surface area contributed by atoms with E-state index in [2.05, 4.69) is 20.8 Å². The molecule has 1 aliphatic heterocycles. The molecular weight excluding hydrogens is 414 g/mol. The van der Waals surface area contributed by atoms with E-state index >= 15 is 0 Å². The number of esters is 1. The molecular formula is C22H21N5O5. The number of anilines is 1. The number of nitrogens with one attached hydrogen (secondary N) is 1. The molecule has 10 nitrogen and oxygen atoms in total. The summed E-state index contributed by atoms with van der Waals surface area (Å²) < 4.78 is 11.8. The first kappa shape index (κ1) is 21.0. The van der Waals surface area contributed by atoms with Gasteiger partial charge in [-0.25, -0.2) is 4.79 Å². The van der Waals surface area contributed by atoms with E-state index in [9.17, 15) is 14.7 Å². The maximum absolute atomic E-state index is 13.7. The first-order valence-corrected chi connectivity index (χ1v) is 9.89. The first-order chi connectivity index (χ1) is 15.4. The van der Waals surface area contributed by atoms with E-state index in [1.165, 1.54) is 17.9 Å². The molecule has 0 amide bonds. The van der Waals surface area contributed by atoms with Crippen LogP contribution in [-0.4, -0.2) is 50.8 Å². The van der Waals surface area contributed by atoms with Crippen LogP contribution in [0.3, 0.4) is 0 Å². The van der Waals surface area contributed by atoms with Crippen molar-refractivity contribution in [1.29, 1.82) is 0 Å². The zero-order valence-electron chi connectivity index (χ0n) is 17.7. The fraction of sp³-hybridized carbons (Fsp3) is 0.227. The number of nitrogens with zero attached hydrogens (tertiary/aromatic N) is 4. The number of carbonyl (C=O) groups is 2. The van der Waals surface area contributed by atoms with Crippen LogP contribution in [0.4, 0.5) is 5.95 Å². The number of benzene rings is 2. The zero-order chi connectivity index (χ0) is 22.8. The molecule has 3 aromatic rings. The predicted molar refractivity (Wildman–Crippen MR) is 113 cm³/mol. The topological polar surface area (TPSA) is 128 Å². The summed E-state index contributed by atoms with van der Waals surface area (Å²) >= 11 is 0. The summed E-state index contributed by atoms with van der Waals surface area (Å²) in [4.78, 5) is 26.3. The van der Waals surface area contributed by atoms with Crippen LogP contribution in [0, 0.1) is 6.92 Å². The third kappa shape index (κ3) is 3.66. The molecule has 0 radical (unpaired) electrons. The highest BCUT2D eigenvalue weighted by Gasteiger charge is 2.38. The lowest BCUT2D eigenvalue weighted by Gasteiger charge is -2.28. The molecule has 0 bridgehead atoms. The highest BCUT2D eigenvalue weighted by Crippen LogP contribution is 2.39. The second kappa shape index (κ2) is 8.50. The summed E-state index contributed by atoms with van der Waals surface area (Å²) in [6.07, 6.45) is 0. The summed E-state index contributed by atoms with van der Waals surface area (Å²) in [7, 11) is 1.23. The van der Waals surface area contributed by atoms with Crippen molar-refractivity contribution in [2.24, 2.45) is 0 Å². The van der Waals surface area contributed by atoms with Crippen molar-refractivity contribution in [1.82, 2.24) is 20.2 Å². The fourth-order valence-electron chi connectivity index (χ4n) is 3.53. The zero-order valence-corrected chi connectivity index (χ0v) is 17.7. The van der Waals surface area contributed by atoms with Crippen molar-refractivity contribution >= 4 is 17.7 Å². The van der Waals surface area contributed by atoms with Crippen LogP contribution in [0.25, 0.3) is 0 Å². The quantitative estimate of drug-likeness (QED) is 0.443. The van der Waals surface area contributed by atoms with Gasteiger partial charge in [-0.05, 0) is 42.0 Å². The van der Waals surface area contributed by atoms with E-state index < -0.39 is 17.8 Å². The van der Waals surface area contributed by atoms with Crippen molar-refractivity contribution in [3.8, 4) is 11.5 Å². The molecule has 32 heavy (non-hydrogen) atoms. The Morgan fingerprint density at radius 2 is 1.94 bits per heavy atom. The Kier molecular flexibility index (Phi) is 5.59. The number of fused-ring (bicyclic) bond motifs is 1. The van der Waals surface area contributed by atoms with Gasteiger partial charge in [-0.2, -0.15) is 4.68 Å². The molecule has 1 atom stereocenters. The van der Waals surface area contributed by atoms with E-state index in [-0.39, 0.29) is 28.7 Å². The van der Waals surface area contributed by atoms with Gasteiger partial charge in [0.05, 0.1) is 19.3 Å². The van der Waals surface area contributed by atoms with E-state index in [1.54, 1.807) is 31.2 Å². The number of carbonyl (C=O) groups excluding carboxylic acids is 2. The molecule has 1 aliphatic rings. The Morgan fingerprint density at radius 1 is 1.19 bits per heavy atom. The standard InChI is InChI=1S/C22H21N5O5/c1-4-32-16-11-14(9-10-15(16)28)19-17(20(29)13-7-5-12(2)6-8-13)18(21(30)31-3)23-22-24-25-26-27(19)22/h5-11,19,28H,4H2,1-3H3,(H,23,24,26)/t19-/m0/s1. The molecule has 164 valence electrons. The number of Topliss-reactive ketones (excluding diaryl/α,β-unsaturated/α-hetero) is 1. The maximum Gasteiger partial charge on any atom is 0.355 e. The Morgan fingerprint density at radius 3 is 2.62 bits per heavy atom. The van der Waals surface area contributed by atoms with Gasteiger partial charge in [0.2, 0.25) is 5.95 Å². The Balaban J connectivity index is 1.94. The van der Waals surface area contributed by atoms with Gasteiger partial charge in [-0.1, -0.05) is 41.0 Å². The number of aromatic hydroxyl groups is 1. The molecule has 0 fully saturated rings. The van der Waals surface area contributed by atoms with Gasteiger partial charge in [-0.3, -0.25) is 4.79 Å². The smallest absolute Gasteiger partial charge is 0.355 e. The minimum atomic E-state index is -0.871. The van der Waals surface area contributed by atoms with Gasteiger partial charge >= 0.3 is 5.97 Å². The van der Waals surface area contributed by atoms with Crippen molar-refractivity contribution in [3.05, 3.63) is 70.4 Å². The summed E-state index contributed by atoms with van der Waals surface area (Å²) in [5.41, 5.74) is 1.96. The van der Waals surface area contributed by atoms with Crippen LogP contribution in [0.1, 0.15) is 34.5 Å². The first-order valence-electron chi connectivity index (χ1n) is 9.89. The summed E-state index contributed by atoms with van der Waals surface area (Å²) in [6.45, 7) is 4.03. The highest BCUT2D eigenvalue weighted by atomic mass is 16.5. The van der Waals surface area contributed by atoms with E-state index in [1.807, 2.05) is 19.1 Å². The molecule has 4 rings (SSSR count). The number of rotatable bonds is 6. The summed E-state index contributed by atoms with van der Waals surface area (Å²) in [5.74, 6) is -0.773. The SMILES string of the molecule is CCOc1cc([C@H]2C(C(=O)c3ccc(C)cc3)=C(C(=O)OC)Nc3nnnn32)ccc1O. The van der Waals surface area contributed by atoms with Gasteiger partial charge in [0, 0.05) is 5.56 Å².